The predicted molar refractivity (Wildman–Crippen MR) is 306 cm³/mol. The second-order valence-corrected chi connectivity index (χ2v) is 42.3. The number of rotatable bonds is 60. The summed E-state index contributed by atoms with van der Waals surface area (Å²) < 4.78 is 7.11. The molecule has 0 heterocycles. The van der Waals surface area contributed by atoms with E-state index in [1.807, 2.05) is 0 Å². The van der Waals surface area contributed by atoms with Crippen LogP contribution in [0.2, 0.25) is 15.9 Å². The summed E-state index contributed by atoms with van der Waals surface area (Å²) in [5, 5.41) is 0. The van der Waals surface area contributed by atoms with E-state index >= 15 is 0 Å². The first kappa shape index (κ1) is 65.9. The average Bonchev–Trinajstić information content (AvgIpc) is 3.32. The molecule has 0 spiro atoms. The molecule has 0 nitrogen and oxygen atoms in total. The van der Waals surface area contributed by atoms with Crippen LogP contribution in [0.25, 0.3) is 0 Å². The molecule has 0 saturated heterocycles. The Morgan fingerprint density at radius 2 is 0.215 bits per heavy atom. The van der Waals surface area contributed by atoms with Crippen molar-refractivity contribution in [1.82, 2.24) is 0 Å². The van der Waals surface area contributed by atoms with E-state index in [1.54, 1.807) is 67.3 Å². The fraction of sp³-hybridized carbons (Fsp3) is 1.00. The molecule has 0 aliphatic heterocycles. The van der Waals surface area contributed by atoms with E-state index in [0.717, 1.165) is 0 Å². The Morgan fingerprint density at radius 1 is 0.123 bits per heavy atom. The predicted octanol–water partition coefficient (Wildman–Crippen LogP) is 25.4. The Hall–Kier alpha value is 0.922. The van der Waals surface area contributed by atoms with Crippen molar-refractivity contribution in [2.45, 2.75) is 403 Å². The van der Waals surface area contributed by atoms with Gasteiger partial charge < -0.3 is 0 Å². The molecule has 0 N–H and O–H groups in total. The van der Waals surface area contributed by atoms with Gasteiger partial charge in [0.2, 0.25) is 0 Å². The van der Waals surface area contributed by atoms with E-state index < -0.39 is 21.2 Å². The molecule has 0 aliphatic carbocycles. The molecule has 0 radical (unpaired) electrons. The van der Waals surface area contributed by atoms with Gasteiger partial charge in [0, 0.05) is 0 Å². The van der Waals surface area contributed by atoms with Crippen molar-refractivity contribution in [2.75, 3.05) is 0 Å². The molecule has 0 rings (SSSR count). The van der Waals surface area contributed by atoms with Gasteiger partial charge in [-0.3, -0.25) is 0 Å². The van der Waals surface area contributed by atoms with Crippen LogP contribution in [0.3, 0.4) is 0 Å². The Labute approximate surface area is 421 Å². The van der Waals surface area contributed by atoms with Crippen LogP contribution in [0.4, 0.5) is 0 Å². The van der Waals surface area contributed by atoms with Crippen molar-refractivity contribution in [2.24, 2.45) is 0 Å². The minimum atomic E-state index is -2.32. The van der Waals surface area contributed by atoms with Gasteiger partial charge in [0.15, 0.2) is 0 Å². The number of unbranched alkanes of at least 4 members (excludes halogenated alkanes) is 52. The first-order chi connectivity index (χ1) is 32.2. The topological polar surface area (TPSA) is 0 Å². The summed E-state index contributed by atoms with van der Waals surface area (Å²) in [6.07, 6.45) is 84.2. The summed E-state index contributed by atoms with van der Waals surface area (Å²) in [6, 6.07) is 0. The quantitative estimate of drug-likeness (QED) is 0.0421. The Balaban J connectivity index is 4.94. The zero-order chi connectivity index (χ0) is 46.9. The molecule has 0 aliphatic rings. The summed E-state index contributed by atoms with van der Waals surface area (Å²) in [6.45, 7) is 9.35. The molecule has 0 amide bonds. The van der Waals surface area contributed by atoms with Crippen LogP contribution in [-0.4, -0.2) is 21.2 Å². The summed E-state index contributed by atoms with van der Waals surface area (Å²) >= 11 is -2.32. The third-order valence-corrected chi connectivity index (χ3v) is 38.2. The van der Waals surface area contributed by atoms with E-state index in [9.17, 15) is 0 Å². The Bertz CT molecular complexity index is 670. The van der Waals surface area contributed by atoms with E-state index in [4.69, 9.17) is 0 Å². The summed E-state index contributed by atoms with van der Waals surface area (Å²) in [5.74, 6) is 0. The second kappa shape index (κ2) is 59.2. The Morgan fingerprint density at radius 3 is 0.323 bits per heavy atom. The maximum absolute atomic E-state index is 2.34. The van der Waals surface area contributed by atoms with Crippen LogP contribution in [0.5, 0.6) is 0 Å². The maximum atomic E-state index is 2.34. The average molecular weight is 1110 g/mol. The van der Waals surface area contributed by atoms with Gasteiger partial charge in [0.05, 0.1) is 0 Å². The van der Waals surface area contributed by atoms with Crippen LogP contribution in [0.1, 0.15) is 387 Å². The SMILES string of the molecule is CCCCCCCCCCCCCCC[CH2][Pb]([CH2]CCCCCCCCCCCCCCC)([CH2]CCCCCCCCCCCCCCC)[CH2]CCCCCCCCCCCCCCC. The van der Waals surface area contributed by atoms with Crippen molar-refractivity contribution in [3.63, 3.8) is 0 Å². The van der Waals surface area contributed by atoms with Crippen LogP contribution in [0, 0.1) is 0 Å². The van der Waals surface area contributed by atoms with Gasteiger partial charge in [-0.25, -0.2) is 0 Å². The Kier molecular flexibility index (Phi) is 60.1. The molecule has 1 heteroatoms. The summed E-state index contributed by atoms with van der Waals surface area (Å²) in [5.41, 5.74) is 0. The second-order valence-electron chi connectivity index (χ2n) is 22.9. The molecule has 0 aromatic carbocycles. The first-order valence-corrected chi connectivity index (χ1v) is 43.2. The van der Waals surface area contributed by atoms with Crippen molar-refractivity contribution in [3.8, 4) is 0 Å². The van der Waals surface area contributed by atoms with E-state index in [-0.39, 0.29) is 0 Å². The van der Waals surface area contributed by atoms with Crippen molar-refractivity contribution >= 4 is 21.2 Å². The fourth-order valence-corrected chi connectivity index (χ4v) is 32.9. The molecule has 0 saturated carbocycles. The molecule has 0 unspecified atom stereocenters. The molecular formula is C64H132Pb. The van der Waals surface area contributed by atoms with E-state index in [1.165, 1.54) is 308 Å². The minimum Gasteiger partial charge on any atom is -0.0654 e. The van der Waals surface area contributed by atoms with Gasteiger partial charge in [-0.15, -0.1) is 0 Å². The monoisotopic (exact) mass is 1110 g/mol. The molecule has 0 aromatic heterocycles. The van der Waals surface area contributed by atoms with Gasteiger partial charge in [-0.05, 0) is 0 Å². The van der Waals surface area contributed by atoms with Crippen LogP contribution in [-0.2, 0) is 0 Å². The third-order valence-electron chi connectivity index (χ3n) is 16.2. The van der Waals surface area contributed by atoms with Crippen molar-refractivity contribution < 1.29 is 0 Å². The molecule has 392 valence electrons. The van der Waals surface area contributed by atoms with Crippen LogP contribution < -0.4 is 0 Å². The molecule has 0 atom stereocenters. The standard InChI is InChI=1S/4C16H33.Pb/c4*1-3-5-7-9-11-13-15-16-14-12-10-8-6-4-2;/h4*1,3-16H2,2H3;. The third kappa shape index (κ3) is 54.1. The van der Waals surface area contributed by atoms with Gasteiger partial charge in [0.1, 0.15) is 0 Å². The van der Waals surface area contributed by atoms with Gasteiger partial charge in [-0.1, -0.05) is 105 Å². The smallest absolute Gasteiger partial charge is 0.0654 e. The fourth-order valence-electron chi connectivity index (χ4n) is 11.5. The molecule has 65 heavy (non-hydrogen) atoms. The summed E-state index contributed by atoms with van der Waals surface area (Å²) in [7, 11) is 0. The minimum absolute atomic E-state index is 1.38. The van der Waals surface area contributed by atoms with Crippen LogP contribution in [0.15, 0.2) is 0 Å². The van der Waals surface area contributed by atoms with Crippen molar-refractivity contribution in [1.29, 1.82) is 0 Å². The molecule has 0 aromatic rings. The molecule has 0 bridgehead atoms. The molecular weight excluding hydrogens is 976 g/mol. The first-order valence-electron chi connectivity index (χ1n) is 32.2. The van der Waals surface area contributed by atoms with Gasteiger partial charge in [0.25, 0.3) is 0 Å². The van der Waals surface area contributed by atoms with Gasteiger partial charge >= 0.3 is 320 Å². The number of hydrogen-bond acceptors (Lipinski definition) is 0. The normalized spacial score (nSPS) is 12.0. The van der Waals surface area contributed by atoms with Crippen molar-refractivity contribution in [3.05, 3.63) is 0 Å². The van der Waals surface area contributed by atoms with E-state index in [2.05, 4.69) is 27.7 Å². The number of hydrogen-bond donors (Lipinski definition) is 0. The van der Waals surface area contributed by atoms with Gasteiger partial charge in [-0.2, -0.15) is 0 Å². The zero-order valence-electron chi connectivity index (χ0n) is 46.9. The van der Waals surface area contributed by atoms with E-state index in [0.29, 0.717) is 0 Å². The molecule has 0 fully saturated rings. The van der Waals surface area contributed by atoms with Crippen LogP contribution >= 0.6 is 0 Å². The zero-order valence-corrected chi connectivity index (χ0v) is 50.8. The summed E-state index contributed by atoms with van der Waals surface area (Å²) in [4.78, 5) is 0.